The topological polar surface area (TPSA) is 49.3 Å². The van der Waals surface area contributed by atoms with Crippen molar-refractivity contribution in [2.45, 2.75) is 12.5 Å². The quantitative estimate of drug-likeness (QED) is 0.609. The zero-order valence-electron chi connectivity index (χ0n) is 10.9. The Kier molecular flexibility index (Phi) is 5.73. The lowest BCUT2D eigenvalue weighted by atomic mass is 10.1. The Bertz CT molecular complexity index is 540. The van der Waals surface area contributed by atoms with Crippen molar-refractivity contribution in [2.75, 3.05) is 13.1 Å². The van der Waals surface area contributed by atoms with Crippen molar-refractivity contribution in [3.8, 4) is 0 Å². The molecule has 0 spiro atoms. The van der Waals surface area contributed by atoms with Gasteiger partial charge in [-0.05, 0) is 29.1 Å². The van der Waals surface area contributed by atoms with Gasteiger partial charge in [0.05, 0.1) is 11.0 Å². The number of ketones is 1. The number of aliphatic hydroxyl groups excluding tert-OH is 1. The van der Waals surface area contributed by atoms with E-state index in [1.165, 1.54) is 11.3 Å². The van der Waals surface area contributed by atoms with Gasteiger partial charge in [-0.3, -0.25) is 4.79 Å². The maximum absolute atomic E-state index is 11.8. The molecule has 106 valence electrons. The molecule has 1 aromatic heterocycles. The van der Waals surface area contributed by atoms with Crippen LogP contribution >= 0.6 is 22.9 Å². The summed E-state index contributed by atoms with van der Waals surface area (Å²) in [5.74, 6) is 0.133. The van der Waals surface area contributed by atoms with Crippen molar-refractivity contribution in [1.29, 1.82) is 0 Å². The number of Topliss-reactive ketones (excluding diaryl/α,β-unsaturated/α-hetero) is 1. The second-order valence-corrected chi connectivity index (χ2v) is 5.81. The van der Waals surface area contributed by atoms with Gasteiger partial charge in [0.1, 0.15) is 0 Å². The highest BCUT2D eigenvalue weighted by molar-refractivity contribution is 7.12. The number of carbonyl (C=O) groups excluding carboxylic acids is 1. The lowest BCUT2D eigenvalue weighted by Crippen LogP contribution is -2.24. The first-order valence-electron chi connectivity index (χ1n) is 6.38. The van der Waals surface area contributed by atoms with Gasteiger partial charge in [-0.25, -0.2) is 0 Å². The van der Waals surface area contributed by atoms with Crippen LogP contribution in [0.15, 0.2) is 41.8 Å². The van der Waals surface area contributed by atoms with E-state index >= 15 is 0 Å². The first-order chi connectivity index (χ1) is 9.66. The number of rotatable bonds is 7. The minimum absolute atomic E-state index is 0.133. The highest BCUT2D eigenvalue weighted by Gasteiger charge is 2.09. The van der Waals surface area contributed by atoms with Crippen LogP contribution in [0.1, 0.15) is 27.8 Å². The van der Waals surface area contributed by atoms with Crippen molar-refractivity contribution in [3.05, 3.63) is 57.2 Å². The molecule has 0 fully saturated rings. The van der Waals surface area contributed by atoms with Crippen molar-refractivity contribution in [2.24, 2.45) is 0 Å². The standard InChI is InChI=1S/C15H16ClNO2S/c16-12-5-3-11(4-6-12)14(19)10-17-8-7-13(18)15-2-1-9-20-15/h1-6,9,14,17,19H,7-8,10H2. The Morgan fingerprint density at radius 3 is 2.70 bits per heavy atom. The van der Waals surface area contributed by atoms with Crippen molar-refractivity contribution in [1.82, 2.24) is 5.32 Å². The highest BCUT2D eigenvalue weighted by atomic mass is 35.5. The van der Waals surface area contributed by atoms with Gasteiger partial charge < -0.3 is 10.4 Å². The summed E-state index contributed by atoms with van der Waals surface area (Å²) in [5.41, 5.74) is 0.812. The van der Waals surface area contributed by atoms with Crippen molar-refractivity contribution in [3.63, 3.8) is 0 Å². The first kappa shape index (κ1) is 15.2. The molecule has 2 aromatic rings. The van der Waals surface area contributed by atoms with Crippen LogP contribution in [0.4, 0.5) is 0 Å². The van der Waals surface area contributed by atoms with Crippen LogP contribution in [-0.4, -0.2) is 24.0 Å². The molecule has 0 aliphatic rings. The largest absolute Gasteiger partial charge is 0.387 e. The van der Waals surface area contributed by atoms with E-state index in [9.17, 15) is 9.90 Å². The molecule has 1 heterocycles. The summed E-state index contributed by atoms with van der Waals surface area (Å²) in [6.45, 7) is 0.973. The fraction of sp³-hybridized carbons (Fsp3) is 0.267. The Labute approximate surface area is 127 Å². The van der Waals surface area contributed by atoms with E-state index in [1.54, 1.807) is 24.3 Å². The molecule has 0 aliphatic carbocycles. The second-order valence-electron chi connectivity index (χ2n) is 4.42. The number of carbonyl (C=O) groups is 1. The molecule has 1 unspecified atom stereocenters. The molecule has 2 rings (SSSR count). The van der Waals surface area contributed by atoms with Crippen LogP contribution in [0.3, 0.4) is 0 Å². The summed E-state index contributed by atoms with van der Waals surface area (Å²) in [7, 11) is 0. The van der Waals surface area contributed by atoms with Gasteiger partial charge >= 0.3 is 0 Å². The lowest BCUT2D eigenvalue weighted by Gasteiger charge is -2.12. The SMILES string of the molecule is O=C(CCNCC(O)c1ccc(Cl)cc1)c1cccs1. The van der Waals surface area contributed by atoms with E-state index in [1.807, 2.05) is 17.5 Å². The van der Waals surface area contributed by atoms with Crippen molar-refractivity contribution >= 4 is 28.7 Å². The van der Waals surface area contributed by atoms with Crippen LogP contribution in [0, 0.1) is 0 Å². The molecule has 0 saturated carbocycles. The molecule has 0 amide bonds. The fourth-order valence-electron chi connectivity index (χ4n) is 1.80. The molecule has 0 saturated heterocycles. The minimum atomic E-state index is -0.593. The van der Waals surface area contributed by atoms with Crippen LogP contribution in [0.25, 0.3) is 0 Å². The molecule has 0 bridgehead atoms. The predicted octanol–water partition coefficient (Wildman–Crippen LogP) is 3.30. The number of benzene rings is 1. The lowest BCUT2D eigenvalue weighted by molar-refractivity contribution is 0.0983. The normalized spacial score (nSPS) is 12.3. The fourth-order valence-corrected chi connectivity index (χ4v) is 2.62. The number of hydrogen-bond donors (Lipinski definition) is 2. The molecule has 20 heavy (non-hydrogen) atoms. The van der Waals surface area contributed by atoms with Crippen molar-refractivity contribution < 1.29 is 9.90 Å². The first-order valence-corrected chi connectivity index (χ1v) is 7.63. The molecule has 0 aliphatic heterocycles. The molecular formula is C15H16ClNO2S. The predicted molar refractivity (Wildman–Crippen MR) is 82.5 cm³/mol. The van der Waals surface area contributed by atoms with E-state index in [-0.39, 0.29) is 5.78 Å². The second kappa shape index (κ2) is 7.55. The van der Waals surface area contributed by atoms with Gasteiger partial charge in [-0.15, -0.1) is 11.3 Å². The Morgan fingerprint density at radius 2 is 2.05 bits per heavy atom. The van der Waals surface area contributed by atoms with E-state index < -0.39 is 6.10 Å². The number of thiophene rings is 1. The molecule has 1 atom stereocenters. The Hall–Kier alpha value is -1.20. The van der Waals surface area contributed by atoms with Gasteiger partial charge in [0.25, 0.3) is 0 Å². The maximum atomic E-state index is 11.8. The van der Waals surface area contributed by atoms with Crippen LogP contribution in [-0.2, 0) is 0 Å². The van der Waals surface area contributed by atoms with Gasteiger partial charge in [-0.2, -0.15) is 0 Å². The van der Waals surface area contributed by atoms with E-state index in [2.05, 4.69) is 5.32 Å². The Morgan fingerprint density at radius 1 is 1.30 bits per heavy atom. The minimum Gasteiger partial charge on any atom is -0.387 e. The summed E-state index contributed by atoms with van der Waals surface area (Å²) in [5, 5.41) is 15.6. The van der Waals surface area contributed by atoms with E-state index in [4.69, 9.17) is 11.6 Å². The number of halogens is 1. The average molecular weight is 310 g/mol. The molecule has 2 N–H and O–H groups in total. The van der Waals surface area contributed by atoms with Gasteiger partial charge in [-0.1, -0.05) is 29.8 Å². The van der Waals surface area contributed by atoms with E-state index in [0.29, 0.717) is 24.5 Å². The highest BCUT2D eigenvalue weighted by Crippen LogP contribution is 2.16. The number of aliphatic hydroxyl groups is 1. The summed E-state index contributed by atoms with van der Waals surface area (Å²) >= 11 is 7.25. The van der Waals surface area contributed by atoms with Gasteiger partial charge in [0.15, 0.2) is 5.78 Å². The zero-order chi connectivity index (χ0) is 14.4. The summed E-state index contributed by atoms with van der Waals surface area (Å²) in [6.07, 6.45) is -0.155. The summed E-state index contributed by atoms with van der Waals surface area (Å²) in [4.78, 5) is 12.5. The molecule has 3 nitrogen and oxygen atoms in total. The smallest absolute Gasteiger partial charge is 0.174 e. The Balaban J connectivity index is 1.70. The maximum Gasteiger partial charge on any atom is 0.174 e. The van der Waals surface area contributed by atoms with Crippen LogP contribution in [0.5, 0.6) is 0 Å². The average Bonchev–Trinajstić information content (AvgIpc) is 2.98. The third kappa shape index (κ3) is 4.42. The number of hydrogen-bond acceptors (Lipinski definition) is 4. The molecular weight excluding hydrogens is 294 g/mol. The third-order valence-electron chi connectivity index (χ3n) is 2.92. The van der Waals surface area contributed by atoms with Crippen LogP contribution < -0.4 is 5.32 Å². The monoisotopic (exact) mass is 309 g/mol. The van der Waals surface area contributed by atoms with E-state index in [0.717, 1.165) is 10.4 Å². The third-order valence-corrected chi connectivity index (χ3v) is 4.08. The van der Waals surface area contributed by atoms with Gasteiger partial charge in [0.2, 0.25) is 0 Å². The zero-order valence-corrected chi connectivity index (χ0v) is 12.5. The summed E-state index contributed by atoms with van der Waals surface area (Å²) < 4.78 is 0. The molecule has 5 heteroatoms. The number of nitrogens with one attached hydrogen (secondary N) is 1. The molecule has 1 aromatic carbocycles. The molecule has 0 radical (unpaired) electrons. The van der Waals surface area contributed by atoms with Crippen LogP contribution in [0.2, 0.25) is 5.02 Å². The van der Waals surface area contributed by atoms with Gasteiger partial charge in [0, 0.05) is 24.5 Å². The summed E-state index contributed by atoms with van der Waals surface area (Å²) in [6, 6.07) is 10.8.